The van der Waals surface area contributed by atoms with E-state index in [4.69, 9.17) is 9.47 Å². The third kappa shape index (κ3) is 4.11. The lowest BCUT2D eigenvalue weighted by molar-refractivity contribution is 0.0512. The van der Waals surface area contributed by atoms with Crippen LogP contribution in [0, 0.1) is 17.5 Å². The molecule has 1 unspecified atom stereocenters. The van der Waals surface area contributed by atoms with Crippen LogP contribution in [0.1, 0.15) is 54.3 Å². The first-order chi connectivity index (χ1) is 16.7. The van der Waals surface area contributed by atoms with Gasteiger partial charge in [0, 0.05) is 36.5 Å². The van der Waals surface area contributed by atoms with E-state index in [1.54, 1.807) is 18.0 Å². The summed E-state index contributed by atoms with van der Waals surface area (Å²) in [4.78, 5) is 19.7. The maximum Gasteiger partial charge on any atom is 0.256 e. The highest BCUT2D eigenvalue weighted by molar-refractivity contribution is 5.95. The second-order valence-electron chi connectivity index (χ2n) is 8.43. The number of hydrogen-bond donors (Lipinski definition) is 0. The van der Waals surface area contributed by atoms with E-state index in [1.165, 1.54) is 25.1 Å². The van der Waals surface area contributed by atoms with Crippen LogP contribution in [0.2, 0.25) is 0 Å². The number of carbonyl (C=O) groups excluding carboxylic acids is 1. The second kappa shape index (κ2) is 9.59. The fraction of sp³-hybridized carbons (Fsp3) is 0.400. The SMILES string of the molecule is CCC1Cc2c(nn(C)c2-c2cc(F)c(F)c(F)c2)[C@H](CC)N1C(=O)c1cnc(OC)c(OC)c1. The number of hydrogen-bond acceptors (Lipinski definition) is 5. The van der Waals surface area contributed by atoms with E-state index in [9.17, 15) is 18.0 Å². The number of nitrogens with zero attached hydrogens (tertiary/aromatic N) is 4. The second-order valence-corrected chi connectivity index (χ2v) is 8.43. The van der Waals surface area contributed by atoms with Gasteiger partial charge in [-0.3, -0.25) is 9.48 Å². The zero-order chi connectivity index (χ0) is 25.4. The summed E-state index contributed by atoms with van der Waals surface area (Å²) >= 11 is 0. The summed E-state index contributed by atoms with van der Waals surface area (Å²) in [6, 6.07) is 2.97. The number of carbonyl (C=O) groups is 1. The van der Waals surface area contributed by atoms with Crippen LogP contribution in [0.4, 0.5) is 13.2 Å². The summed E-state index contributed by atoms with van der Waals surface area (Å²) in [6.45, 7) is 3.92. The van der Waals surface area contributed by atoms with E-state index < -0.39 is 17.5 Å². The normalized spacial score (nSPS) is 17.3. The lowest BCUT2D eigenvalue weighted by Crippen LogP contribution is -2.47. The molecule has 10 heteroatoms. The Labute approximate surface area is 201 Å². The summed E-state index contributed by atoms with van der Waals surface area (Å²) in [5.41, 5.74) is 2.51. The van der Waals surface area contributed by atoms with Crippen molar-refractivity contribution in [3.63, 3.8) is 0 Å². The summed E-state index contributed by atoms with van der Waals surface area (Å²) in [6.07, 6.45) is 3.09. The van der Waals surface area contributed by atoms with Crippen molar-refractivity contribution in [3.05, 3.63) is 58.7 Å². The number of benzene rings is 1. The minimum atomic E-state index is -1.51. The summed E-state index contributed by atoms with van der Waals surface area (Å²) < 4.78 is 53.7. The Kier molecular flexibility index (Phi) is 6.73. The van der Waals surface area contributed by atoms with Crippen molar-refractivity contribution in [2.75, 3.05) is 14.2 Å². The molecule has 186 valence electrons. The number of ether oxygens (including phenoxy) is 2. The average molecular weight is 489 g/mol. The Morgan fingerprint density at radius 1 is 1.09 bits per heavy atom. The summed E-state index contributed by atoms with van der Waals surface area (Å²) in [7, 11) is 4.61. The molecule has 0 spiro atoms. The van der Waals surface area contributed by atoms with Gasteiger partial charge in [-0.15, -0.1) is 0 Å². The average Bonchev–Trinajstić information content (AvgIpc) is 3.19. The number of pyridine rings is 1. The molecular weight excluding hydrogens is 461 g/mol. The van der Waals surface area contributed by atoms with E-state index >= 15 is 0 Å². The van der Waals surface area contributed by atoms with E-state index in [2.05, 4.69) is 10.1 Å². The number of methoxy groups -OCH3 is 2. The van der Waals surface area contributed by atoms with Crippen LogP contribution in [0.5, 0.6) is 11.6 Å². The van der Waals surface area contributed by atoms with Gasteiger partial charge in [0.1, 0.15) is 0 Å². The molecule has 7 nitrogen and oxygen atoms in total. The highest BCUT2D eigenvalue weighted by Crippen LogP contribution is 2.41. The Morgan fingerprint density at radius 2 is 1.77 bits per heavy atom. The molecule has 4 rings (SSSR count). The van der Waals surface area contributed by atoms with Crippen LogP contribution < -0.4 is 9.47 Å². The van der Waals surface area contributed by atoms with Crippen LogP contribution in [0.25, 0.3) is 11.3 Å². The topological polar surface area (TPSA) is 69.5 Å². The van der Waals surface area contributed by atoms with Gasteiger partial charge in [0.25, 0.3) is 11.8 Å². The highest BCUT2D eigenvalue weighted by atomic mass is 19.2. The molecule has 0 bridgehead atoms. The number of halogens is 3. The van der Waals surface area contributed by atoms with E-state index in [0.717, 1.165) is 17.7 Å². The smallest absolute Gasteiger partial charge is 0.256 e. The maximum atomic E-state index is 14.0. The van der Waals surface area contributed by atoms with Gasteiger partial charge in [0.05, 0.1) is 37.2 Å². The van der Waals surface area contributed by atoms with Gasteiger partial charge in [-0.05, 0) is 31.4 Å². The van der Waals surface area contributed by atoms with Gasteiger partial charge in [-0.2, -0.15) is 5.10 Å². The monoisotopic (exact) mass is 488 g/mol. The van der Waals surface area contributed by atoms with Crippen LogP contribution in [0.15, 0.2) is 24.4 Å². The summed E-state index contributed by atoms with van der Waals surface area (Å²) in [5, 5.41) is 4.64. The predicted octanol–water partition coefficient (Wildman–Crippen LogP) is 4.84. The van der Waals surface area contributed by atoms with Crippen LogP contribution in [-0.2, 0) is 13.5 Å². The van der Waals surface area contributed by atoms with Gasteiger partial charge in [0.2, 0.25) is 0 Å². The molecule has 1 aliphatic heterocycles. The number of aromatic nitrogens is 3. The molecule has 0 radical (unpaired) electrons. The summed E-state index contributed by atoms with van der Waals surface area (Å²) in [5.74, 6) is -3.64. The predicted molar refractivity (Wildman–Crippen MR) is 123 cm³/mol. The largest absolute Gasteiger partial charge is 0.491 e. The lowest BCUT2D eigenvalue weighted by Gasteiger charge is -2.41. The van der Waals surface area contributed by atoms with Crippen molar-refractivity contribution < 1.29 is 27.4 Å². The standard InChI is InChI=1S/C25H27F3N4O3/c1-6-15-11-16-22(30-31(3)23(16)13-8-17(26)21(28)18(27)9-13)19(7-2)32(15)25(33)14-10-20(34-4)24(35-5)29-12-14/h8-10,12,15,19H,6-7,11H2,1-5H3/t15?,19-/m0/s1. The molecule has 2 atom stereocenters. The Hall–Kier alpha value is -3.56. The molecule has 0 aliphatic carbocycles. The van der Waals surface area contributed by atoms with Gasteiger partial charge in [-0.1, -0.05) is 13.8 Å². The van der Waals surface area contributed by atoms with Gasteiger partial charge in [0.15, 0.2) is 23.2 Å². The van der Waals surface area contributed by atoms with E-state index in [1.807, 2.05) is 13.8 Å². The van der Waals surface area contributed by atoms with Crippen LogP contribution in [0.3, 0.4) is 0 Å². The molecule has 3 aromatic rings. The van der Waals surface area contributed by atoms with E-state index in [0.29, 0.717) is 42.0 Å². The van der Waals surface area contributed by atoms with Crippen molar-refractivity contribution in [2.45, 2.75) is 45.2 Å². The van der Waals surface area contributed by atoms with Crippen LogP contribution in [-0.4, -0.2) is 45.8 Å². The van der Waals surface area contributed by atoms with Crippen molar-refractivity contribution in [1.29, 1.82) is 0 Å². The van der Waals surface area contributed by atoms with Crippen molar-refractivity contribution in [2.24, 2.45) is 7.05 Å². The molecule has 1 aliphatic rings. The first-order valence-corrected chi connectivity index (χ1v) is 11.4. The number of rotatable bonds is 6. The maximum absolute atomic E-state index is 14.0. The lowest BCUT2D eigenvalue weighted by atomic mass is 9.87. The molecule has 1 aromatic carbocycles. The highest BCUT2D eigenvalue weighted by Gasteiger charge is 2.40. The van der Waals surface area contributed by atoms with E-state index in [-0.39, 0.29) is 29.4 Å². The Morgan fingerprint density at radius 3 is 2.34 bits per heavy atom. The third-order valence-electron chi connectivity index (χ3n) is 6.49. The van der Waals surface area contributed by atoms with Gasteiger partial charge < -0.3 is 14.4 Å². The molecular formula is C25H27F3N4O3. The molecule has 0 saturated carbocycles. The zero-order valence-electron chi connectivity index (χ0n) is 20.2. The first-order valence-electron chi connectivity index (χ1n) is 11.4. The van der Waals surface area contributed by atoms with Gasteiger partial charge in [-0.25, -0.2) is 18.2 Å². The molecule has 3 heterocycles. The minimum Gasteiger partial charge on any atom is -0.491 e. The Balaban J connectivity index is 1.81. The molecule has 0 saturated heterocycles. The zero-order valence-corrected chi connectivity index (χ0v) is 20.2. The first kappa shape index (κ1) is 24.6. The third-order valence-corrected chi connectivity index (χ3v) is 6.49. The number of amides is 1. The van der Waals surface area contributed by atoms with Crippen LogP contribution >= 0.6 is 0 Å². The van der Waals surface area contributed by atoms with Crippen molar-refractivity contribution in [3.8, 4) is 22.9 Å². The molecule has 0 N–H and O–H groups in total. The fourth-order valence-electron chi connectivity index (χ4n) is 4.87. The number of aryl methyl sites for hydroxylation is 1. The van der Waals surface area contributed by atoms with Crippen molar-refractivity contribution >= 4 is 5.91 Å². The van der Waals surface area contributed by atoms with Crippen molar-refractivity contribution in [1.82, 2.24) is 19.7 Å². The minimum absolute atomic E-state index is 0.200. The molecule has 35 heavy (non-hydrogen) atoms. The van der Waals surface area contributed by atoms with Gasteiger partial charge >= 0.3 is 0 Å². The molecule has 2 aromatic heterocycles. The molecule has 1 amide bonds. The fourth-order valence-corrected chi connectivity index (χ4v) is 4.87. The Bertz CT molecular complexity index is 1250. The quantitative estimate of drug-likeness (QED) is 0.464. The number of fused-ring (bicyclic) bond motifs is 1. The molecule has 0 fully saturated rings.